The molecule has 1 aliphatic carbocycles. The van der Waals surface area contributed by atoms with Gasteiger partial charge in [0.2, 0.25) is 17.7 Å². The van der Waals surface area contributed by atoms with Gasteiger partial charge in [-0.05, 0) is 36.8 Å². The lowest BCUT2D eigenvalue weighted by Crippen LogP contribution is -2.69. The summed E-state index contributed by atoms with van der Waals surface area (Å²) in [6.45, 7) is 9.79. The summed E-state index contributed by atoms with van der Waals surface area (Å²) in [4.78, 5) is 58.4. The van der Waals surface area contributed by atoms with Gasteiger partial charge in [-0.25, -0.2) is 0 Å². The van der Waals surface area contributed by atoms with Gasteiger partial charge in [0.15, 0.2) is 0 Å². The van der Waals surface area contributed by atoms with Crippen molar-refractivity contribution in [3.8, 4) is 0 Å². The number of rotatable bonds is 11. The molecule has 3 fully saturated rings. The van der Waals surface area contributed by atoms with E-state index in [1.165, 1.54) is 7.05 Å². The van der Waals surface area contributed by atoms with E-state index >= 15 is 0 Å². The van der Waals surface area contributed by atoms with Crippen molar-refractivity contribution in [3.05, 3.63) is 89.7 Å². The lowest BCUT2D eigenvalue weighted by Gasteiger charge is -2.54. The first-order chi connectivity index (χ1) is 22.9. The van der Waals surface area contributed by atoms with Crippen molar-refractivity contribution in [2.45, 2.75) is 59.4 Å². The number of benzene rings is 2. The van der Waals surface area contributed by atoms with Gasteiger partial charge < -0.3 is 25.2 Å². The lowest BCUT2D eigenvalue weighted by atomic mass is 9.61. The number of aromatic nitrogens is 2. The molecule has 48 heavy (non-hydrogen) atoms. The van der Waals surface area contributed by atoms with E-state index in [0.717, 1.165) is 17.5 Å². The highest BCUT2D eigenvalue weighted by Crippen LogP contribution is 2.57. The van der Waals surface area contributed by atoms with Crippen LogP contribution in [0.3, 0.4) is 0 Å². The van der Waals surface area contributed by atoms with Crippen LogP contribution >= 0.6 is 0 Å². The summed E-state index contributed by atoms with van der Waals surface area (Å²) < 4.78 is 7.79. The molecular formula is C37H46N6O5. The molecule has 1 spiro atoms. The van der Waals surface area contributed by atoms with Crippen LogP contribution in [-0.2, 0) is 32.3 Å². The minimum Gasteiger partial charge on any atom is -0.371 e. The first-order valence-electron chi connectivity index (χ1n) is 16.7. The SMILES string of the molecule is CNC(=O)[C@@H](NC(=O)C1(C)CN(C(=O)c2cnn(Cc3ccccc3)c2)CC12CN(C(=O)[C@H]1CC1(C)C)C2)[C@@H](C)OCc1ccccc1. The molecule has 1 unspecified atom stereocenters. The summed E-state index contributed by atoms with van der Waals surface area (Å²) in [7, 11) is 1.53. The van der Waals surface area contributed by atoms with Crippen molar-refractivity contribution in [1.29, 1.82) is 0 Å². The number of ether oxygens (including phenoxy) is 1. The van der Waals surface area contributed by atoms with E-state index in [1.807, 2.05) is 72.5 Å². The maximum absolute atomic E-state index is 14.4. The van der Waals surface area contributed by atoms with Gasteiger partial charge in [0.05, 0.1) is 36.4 Å². The van der Waals surface area contributed by atoms with Crippen LogP contribution in [0, 0.1) is 22.2 Å². The third-order valence-corrected chi connectivity index (χ3v) is 10.8. The highest BCUT2D eigenvalue weighted by molar-refractivity contribution is 5.96. The largest absolute Gasteiger partial charge is 0.371 e. The van der Waals surface area contributed by atoms with E-state index in [-0.39, 0.29) is 48.1 Å². The van der Waals surface area contributed by atoms with Crippen LogP contribution in [0.2, 0.25) is 0 Å². The van der Waals surface area contributed by atoms with Crippen molar-refractivity contribution in [3.63, 3.8) is 0 Å². The van der Waals surface area contributed by atoms with E-state index < -0.39 is 23.0 Å². The number of likely N-dealkylation sites (N-methyl/N-ethyl adjacent to an activating group) is 1. The fourth-order valence-electron chi connectivity index (χ4n) is 7.26. The highest BCUT2D eigenvalue weighted by Gasteiger charge is 2.67. The molecule has 0 radical (unpaired) electrons. The third kappa shape index (κ3) is 6.35. The first kappa shape index (κ1) is 33.4. The maximum atomic E-state index is 14.4. The number of hydrogen-bond acceptors (Lipinski definition) is 6. The second kappa shape index (κ2) is 12.8. The average molecular weight is 655 g/mol. The molecule has 11 heteroatoms. The van der Waals surface area contributed by atoms with E-state index in [1.54, 1.807) is 28.9 Å². The fraction of sp³-hybridized carbons (Fsp3) is 0.486. The van der Waals surface area contributed by atoms with Crippen molar-refractivity contribution in [2.75, 3.05) is 33.2 Å². The normalized spacial score (nSPS) is 23.2. The Bertz CT molecular complexity index is 1670. The van der Waals surface area contributed by atoms with Gasteiger partial charge in [-0.2, -0.15) is 5.10 Å². The topological polar surface area (TPSA) is 126 Å². The number of carbonyl (C=O) groups is 4. The molecule has 254 valence electrons. The van der Waals surface area contributed by atoms with E-state index in [0.29, 0.717) is 31.7 Å². The molecule has 2 N–H and O–H groups in total. The van der Waals surface area contributed by atoms with Gasteiger partial charge in [0.1, 0.15) is 6.04 Å². The molecule has 1 saturated carbocycles. The van der Waals surface area contributed by atoms with Crippen LogP contribution in [0.5, 0.6) is 0 Å². The average Bonchev–Trinajstić information content (AvgIpc) is 3.35. The summed E-state index contributed by atoms with van der Waals surface area (Å²) >= 11 is 0. The first-order valence-corrected chi connectivity index (χ1v) is 16.7. The predicted molar refractivity (Wildman–Crippen MR) is 179 cm³/mol. The van der Waals surface area contributed by atoms with Gasteiger partial charge in [-0.3, -0.25) is 23.9 Å². The zero-order chi connectivity index (χ0) is 34.3. The molecule has 1 aromatic heterocycles. The zero-order valence-corrected chi connectivity index (χ0v) is 28.4. The standard InChI is InChI=1S/C37H46N6O5/c1-25(48-20-27-14-10-7-11-15-27)30(31(44)38-5)40-34(47)36(4)21-41(22-37(36)23-42(24-37)33(46)29-16-35(29,2)3)32(45)28-17-39-43(19-28)18-26-12-8-6-9-13-26/h6-15,17,19,25,29-30H,16,18,20-24H2,1-5H3,(H,38,44)(H,40,47)/t25-,29-,30+,36?/m1/s1. The van der Waals surface area contributed by atoms with Gasteiger partial charge in [-0.15, -0.1) is 0 Å². The molecule has 4 amide bonds. The minimum absolute atomic E-state index is 0.0191. The number of amides is 4. The second-order valence-electron chi connectivity index (χ2n) is 14.7. The van der Waals surface area contributed by atoms with Crippen LogP contribution < -0.4 is 10.6 Å². The van der Waals surface area contributed by atoms with Crippen molar-refractivity contribution >= 4 is 23.6 Å². The summed E-state index contributed by atoms with van der Waals surface area (Å²) in [6, 6.07) is 18.5. The number of carbonyl (C=O) groups excluding carboxylic acids is 4. The molecule has 3 heterocycles. The molecule has 2 saturated heterocycles. The van der Waals surface area contributed by atoms with Gasteiger partial charge in [-0.1, -0.05) is 74.5 Å². The Morgan fingerprint density at radius 3 is 2.12 bits per heavy atom. The Balaban J connectivity index is 1.21. The molecule has 2 aliphatic heterocycles. The smallest absolute Gasteiger partial charge is 0.257 e. The maximum Gasteiger partial charge on any atom is 0.257 e. The Kier molecular flexibility index (Phi) is 8.93. The molecule has 11 nitrogen and oxygen atoms in total. The van der Waals surface area contributed by atoms with Crippen LogP contribution in [0.4, 0.5) is 0 Å². The summed E-state index contributed by atoms with van der Waals surface area (Å²) in [5.41, 5.74) is 0.674. The Hall–Kier alpha value is -4.51. The van der Waals surface area contributed by atoms with E-state index in [4.69, 9.17) is 4.74 Å². The third-order valence-electron chi connectivity index (χ3n) is 10.8. The second-order valence-corrected chi connectivity index (χ2v) is 14.7. The van der Waals surface area contributed by atoms with Crippen molar-refractivity contribution in [2.24, 2.45) is 22.2 Å². The molecule has 0 bridgehead atoms. The predicted octanol–water partition coefficient (Wildman–Crippen LogP) is 3.10. The van der Waals surface area contributed by atoms with Crippen LogP contribution in [-0.4, -0.2) is 88.6 Å². The fourth-order valence-corrected chi connectivity index (χ4v) is 7.26. The minimum atomic E-state index is -1.08. The molecule has 3 aromatic rings. The van der Waals surface area contributed by atoms with E-state index in [2.05, 4.69) is 29.6 Å². The molecule has 3 aliphatic rings. The van der Waals surface area contributed by atoms with Crippen LogP contribution in [0.15, 0.2) is 73.1 Å². The highest BCUT2D eigenvalue weighted by atomic mass is 16.5. The summed E-state index contributed by atoms with van der Waals surface area (Å²) in [5, 5.41) is 10.1. The zero-order valence-electron chi connectivity index (χ0n) is 28.4. The van der Waals surface area contributed by atoms with Gasteiger partial charge >= 0.3 is 0 Å². The number of hydrogen-bond donors (Lipinski definition) is 2. The lowest BCUT2D eigenvalue weighted by molar-refractivity contribution is -0.160. The molecule has 4 atom stereocenters. The van der Waals surface area contributed by atoms with Crippen LogP contribution in [0.25, 0.3) is 0 Å². The van der Waals surface area contributed by atoms with Crippen LogP contribution in [0.1, 0.15) is 55.6 Å². The van der Waals surface area contributed by atoms with Gasteiger partial charge in [0, 0.05) is 50.8 Å². The molecule has 6 rings (SSSR count). The molecule has 2 aromatic carbocycles. The summed E-state index contributed by atoms with van der Waals surface area (Å²) in [6.07, 6.45) is 3.50. The Morgan fingerprint density at radius 2 is 1.52 bits per heavy atom. The molecular weight excluding hydrogens is 608 g/mol. The van der Waals surface area contributed by atoms with Crippen molar-refractivity contribution < 1.29 is 23.9 Å². The number of likely N-dealkylation sites (tertiary alicyclic amines) is 2. The Labute approximate surface area is 282 Å². The quantitative estimate of drug-likeness (QED) is 0.328. The van der Waals surface area contributed by atoms with Gasteiger partial charge in [0.25, 0.3) is 5.91 Å². The number of nitrogens with one attached hydrogen (secondary N) is 2. The van der Waals surface area contributed by atoms with E-state index in [9.17, 15) is 19.2 Å². The Morgan fingerprint density at radius 1 is 0.917 bits per heavy atom. The number of nitrogens with zero attached hydrogens (tertiary/aromatic N) is 4. The summed E-state index contributed by atoms with van der Waals surface area (Å²) in [5.74, 6) is -0.864. The van der Waals surface area contributed by atoms with Crippen molar-refractivity contribution in [1.82, 2.24) is 30.2 Å². The monoisotopic (exact) mass is 654 g/mol.